The highest BCUT2D eigenvalue weighted by Gasteiger charge is 2.56. The van der Waals surface area contributed by atoms with Gasteiger partial charge in [0, 0.05) is 27.8 Å². The topological polar surface area (TPSA) is 167 Å². The molecule has 0 amide bonds. The van der Waals surface area contributed by atoms with Gasteiger partial charge in [-0.1, -0.05) is 13.3 Å². The fourth-order valence-corrected chi connectivity index (χ4v) is 4.72. The number of esters is 3. The molecule has 1 atom stereocenters. The second-order valence-corrected chi connectivity index (χ2v) is 8.91. The third-order valence-corrected chi connectivity index (χ3v) is 6.73. The van der Waals surface area contributed by atoms with Gasteiger partial charge in [0.05, 0.1) is 6.42 Å². The van der Waals surface area contributed by atoms with E-state index < -0.39 is 64.5 Å². The molecule has 0 aliphatic heterocycles. The molecule has 0 aromatic heterocycles. The molecule has 0 aromatic rings. The number of aliphatic hydroxyl groups is 3. The number of hydrogen-bond acceptors (Lipinski definition) is 12. The molecule has 0 radical (unpaired) electrons. The molecule has 0 aromatic carbocycles. The van der Waals surface area contributed by atoms with Gasteiger partial charge in [0.1, 0.15) is 19.8 Å². The summed E-state index contributed by atoms with van der Waals surface area (Å²) in [5.74, 6) is -5.30. The van der Waals surface area contributed by atoms with E-state index in [0.717, 1.165) is 0 Å². The van der Waals surface area contributed by atoms with Crippen LogP contribution in [0.3, 0.4) is 0 Å². The molecule has 0 saturated carbocycles. The maximum absolute atomic E-state index is 11.8. The van der Waals surface area contributed by atoms with Gasteiger partial charge in [-0.15, -0.1) is 0 Å². The summed E-state index contributed by atoms with van der Waals surface area (Å²) in [6.45, 7) is -1.15. The summed E-state index contributed by atoms with van der Waals surface area (Å²) >= 11 is 0. The molecular formula is C16H30O12Si. The van der Waals surface area contributed by atoms with Gasteiger partial charge in [0.15, 0.2) is 5.73 Å². The summed E-state index contributed by atoms with van der Waals surface area (Å²) in [5, 5.41) is 27.2. The van der Waals surface area contributed by atoms with E-state index in [0.29, 0.717) is 12.8 Å². The monoisotopic (exact) mass is 442 g/mol. The average molecular weight is 442 g/mol. The van der Waals surface area contributed by atoms with E-state index in [1.165, 1.54) is 21.3 Å². The molecule has 0 fully saturated rings. The molecule has 0 rings (SSSR count). The summed E-state index contributed by atoms with van der Waals surface area (Å²) in [7, 11) is -0.0323. The first kappa shape index (κ1) is 27.4. The van der Waals surface area contributed by atoms with Crippen molar-refractivity contribution >= 4 is 26.7 Å². The lowest BCUT2D eigenvalue weighted by Gasteiger charge is -2.38. The lowest BCUT2D eigenvalue weighted by Crippen LogP contribution is -2.60. The fraction of sp³-hybridized carbons (Fsp3) is 0.812. The fourth-order valence-electron chi connectivity index (χ4n) is 2.60. The molecule has 0 heterocycles. The van der Waals surface area contributed by atoms with Gasteiger partial charge < -0.3 is 42.8 Å². The van der Waals surface area contributed by atoms with Crippen LogP contribution in [0.5, 0.6) is 0 Å². The van der Waals surface area contributed by atoms with E-state index in [-0.39, 0.29) is 6.42 Å². The quantitative estimate of drug-likeness (QED) is 0.155. The van der Waals surface area contributed by atoms with Gasteiger partial charge in [-0.2, -0.15) is 0 Å². The Bertz CT molecular complexity index is 496. The summed E-state index contributed by atoms with van der Waals surface area (Å²) in [4.78, 5) is 35.4. The first-order chi connectivity index (χ1) is 13.7. The van der Waals surface area contributed by atoms with Crippen molar-refractivity contribution in [3.05, 3.63) is 0 Å². The Morgan fingerprint density at radius 3 is 1.66 bits per heavy atom. The Morgan fingerprint density at radius 2 is 1.31 bits per heavy atom. The molecule has 12 nitrogen and oxygen atoms in total. The molecule has 29 heavy (non-hydrogen) atoms. The Hall–Kier alpha value is -1.61. The van der Waals surface area contributed by atoms with Gasteiger partial charge in [-0.25, -0.2) is 14.4 Å². The van der Waals surface area contributed by atoms with E-state index >= 15 is 0 Å². The Morgan fingerprint density at radius 1 is 0.862 bits per heavy atom. The van der Waals surface area contributed by atoms with E-state index in [1.807, 2.05) is 6.92 Å². The van der Waals surface area contributed by atoms with Crippen LogP contribution in [0, 0.1) is 0 Å². The smallest absolute Gasteiger partial charge is 0.456 e. The Balaban J connectivity index is 6.22. The molecule has 1 unspecified atom stereocenters. The zero-order chi connectivity index (χ0) is 22.5. The molecule has 13 heteroatoms. The number of unbranched alkanes of at least 4 members (excludes halogenated alkanes) is 1. The van der Waals surface area contributed by atoms with Crippen LogP contribution in [0.15, 0.2) is 0 Å². The lowest BCUT2D eigenvalue weighted by atomic mass is 10.1. The molecule has 0 aliphatic rings. The van der Waals surface area contributed by atoms with Crippen molar-refractivity contribution in [2.24, 2.45) is 0 Å². The minimum atomic E-state index is -3.76. The summed E-state index contributed by atoms with van der Waals surface area (Å²) in [6.07, 6.45) is 0.477. The van der Waals surface area contributed by atoms with Crippen molar-refractivity contribution in [1.82, 2.24) is 0 Å². The predicted molar refractivity (Wildman–Crippen MR) is 97.0 cm³/mol. The molecule has 0 bridgehead atoms. The normalized spacial score (nSPS) is 12.9. The van der Waals surface area contributed by atoms with E-state index in [4.69, 9.17) is 42.8 Å². The minimum absolute atomic E-state index is 0.0459. The number of aliphatic hydroxyl groups excluding tert-OH is 3. The zero-order valence-electron chi connectivity index (χ0n) is 17.0. The highest BCUT2D eigenvalue weighted by Crippen LogP contribution is 2.32. The summed E-state index contributed by atoms with van der Waals surface area (Å²) in [5.41, 5.74) is -1.36. The molecule has 170 valence electrons. The van der Waals surface area contributed by atoms with Gasteiger partial charge in [0.2, 0.25) is 0 Å². The van der Waals surface area contributed by atoms with Crippen LogP contribution in [-0.4, -0.2) is 94.7 Å². The van der Waals surface area contributed by atoms with Crippen molar-refractivity contribution in [2.45, 2.75) is 44.1 Å². The van der Waals surface area contributed by atoms with Crippen LogP contribution in [0.2, 0.25) is 0 Å². The van der Waals surface area contributed by atoms with Crippen LogP contribution in [-0.2, 0) is 41.9 Å². The first-order valence-electron chi connectivity index (χ1n) is 8.83. The van der Waals surface area contributed by atoms with Gasteiger partial charge in [-0.3, -0.25) is 0 Å². The highest BCUT2D eigenvalue weighted by molar-refractivity contribution is 6.62. The second-order valence-electron chi connectivity index (χ2n) is 5.84. The number of carbonyl (C=O) groups excluding carboxylic acids is 3. The van der Waals surface area contributed by atoms with Crippen molar-refractivity contribution in [2.75, 3.05) is 41.2 Å². The van der Waals surface area contributed by atoms with E-state index in [2.05, 4.69) is 0 Å². The van der Waals surface area contributed by atoms with Crippen molar-refractivity contribution in [3.63, 3.8) is 0 Å². The predicted octanol–water partition coefficient (Wildman–Crippen LogP) is -1.34. The maximum atomic E-state index is 11.8. The second kappa shape index (κ2) is 13.6. The zero-order valence-corrected chi connectivity index (χ0v) is 18.0. The highest BCUT2D eigenvalue weighted by atomic mass is 28.4. The summed E-state index contributed by atoms with van der Waals surface area (Å²) in [6, 6.07) is 0. The largest absolute Gasteiger partial charge is 0.543 e. The van der Waals surface area contributed by atoms with Crippen molar-refractivity contribution in [1.29, 1.82) is 0 Å². The lowest BCUT2D eigenvalue weighted by molar-refractivity contribution is -0.243. The number of hydrogen-bond donors (Lipinski definition) is 3. The SMILES string of the molecule is CCCCC(CC(OC(=O)CO)[Si](OC)(OC)OC)(OC(=O)CO)OC(=O)CO. The molecule has 3 N–H and O–H groups in total. The number of rotatable bonds is 15. The standard InChI is InChI=1S/C16H30O12Si/c1-5-6-7-16(27-13(21)10-18,28-14(22)11-19)8-15(26-12(20)9-17)29(23-2,24-3)25-4/h15,17-19H,5-11H2,1-4H3. The van der Waals surface area contributed by atoms with Crippen LogP contribution in [0.1, 0.15) is 32.6 Å². The van der Waals surface area contributed by atoms with Crippen LogP contribution < -0.4 is 0 Å². The van der Waals surface area contributed by atoms with Crippen LogP contribution >= 0.6 is 0 Å². The third kappa shape index (κ3) is 8.34. The van der Waals surface area contributed by atoms with Gasteiger partial charge >= 0.3 is 26.7 Å². The van der Waals surface area contributed by atoms with E-state index in [9.17, 15) is 14.4 Å². The third-order valence-electron chi connectivity index (χ3n) is 3.92. The maximum Gasteiger partial charge on any atom is 0.543 e. The van der Waals surface area contributed by atoms with E-state index in [1.54, 1.807) is 0 Å². The van der Waals surface area contributed by atoms with Crippen LogP contribution in [0.4, 0.5) is 0 Å². The van der Waals surface area contributed by atoms with Crippen LogP contribution in [0.25, 0.3) is 0 Å². The molecule has 0 spiro atoms. The number of ether oxygens (including phenoxy) is 3. The van der Waals surface area contributed by atoms with Crippen molar-refractivity contribution in [3.8, 4) is 0 Å². The van der Waals surface area contributed by atoms with Crippen molar-refractivity contribution < 1.29 is 57.2 Å². The van der Waals surface area contributed by atoms with Gasteiger partial charge in [0.25, 0.3) is 5.79 Å². The first-order valence-corrected chi connectivity index (χ1v) is 10.6. The minimum Gasteiger partial charge on any atom is -0.456 e. The Labute approximate surface area is 170 Å². The van der Waals surface area contributed by atoms with Gasteiger partial charge in [-0.05, 0) is 6.42 Å². The number of carbonyl (C=O) groups is 3. The molecular weight excluding hydrogens is 412 g/mol. The molecule has 0 aliphatic carbocycles. The Kier molecular flexibility index (Phi) is 12.8. The average Bonchev–Trinajstić information content (AvgIpc) is 2.73. The summed E-state index contributed by atoms with van der Waals surface area (Å²) < 4.78 is 31.5. The molecule has 0 saturated heterocycles.